The molecule has 0 bridgehead atoms. The third kappa shape index (κ3) is 2.34. The molecule has 1 aromatic carbocycles. The topological polar surface area (TPSA) is 52.3 Å². The third-order valence-corrected chi connectivity index (χ3v) is 4.40. The Bertz CT molecular complexity index is 864. The van der Waals surface area contributed by atoms with Gasteiger partial charge in [-0.3, -0.25) is 4.79 Å². The van der Waals surface area contributed by atoms with Gasteiger partial charge in [0.05, 0.1) is 18.1 Å². The SMILES string of the molecule is CCc1cc2c(=O)c(-c3nc(C)cs3)coc2cc1OC. The van der Waals surface area contributed by atoms with E-state index in [4.69, 9.17) is 9.15 Å². The second-order valence-electron chi connectivity index (χ2n) is 4.79. The Morgan fingerprint density at radius 3 is 2.81 bits per heavy atom. The molecule has 0 N–H and O–H groups in total. The maximum absolute atomic E-state index is 12.7. The van der Waals surface area contributed by atoms with Crippen molar-refractivity contribution in [3.63, 3.8) is 0 Å². The first-order chi connectivity index (χ1) is 10.1. The fraction of sp³-hybridized carbons (Fsp3) is 0.250. The molecule has 0 radical (unpaired) electrons. The van der Waals surface area contributed by atoms with E-state index in [1.54, 1.807) is 13.2 Å². The van der Waals surface area contributed by atoms with Crippen molar-refractivity contribution in [1.82, 2.24) is 4.98 Å². The summed E-state index contributed by atoms with van der Waals surface area (Å²) in [7, 11) is 1.62. The van der Waals surface area contributed by atoms with Crippen molar-refractivity contribution in [1.29, 1.82) is 0 Å². The van der Waals surface area contributed by atoms with Crippen LogP contribution in [0, 0.1) is 6.92 Å². The van der Waals surface area contributed by atoms with E-state index in [1.165, 1.54) is 17.6 Å². The summed E-state index contributed by atoms with van der Waals surface area (Å²) >= 11 is 1.45. The van der Waals surface area contributed by atoms with Gasteiger partial charge < -0.3 is 9.15 Å². The zero-order valence-corrected chi connectivity index (χ0v) is 12.9. The highest BCUT2D eigenvalue weighted by atomic mass is 32.1. The van der Waals surface area contributed by atoms with Gasteiger partial charge in [-0.1, -0.05) is 6.92 Å². The maximum Gasteiger partial charge on any atom is 0.202 e. The molecular formula is C16H15NO3S. The number of hydrogen-bond acceptors (Lipinski definition) is 5. The molecule has 3 rings (SSSR count). The Labute approximate surface area is 126 Å². The lowest BCUT2D eigenvalue weighted by molar-refractivity contribution is 0.409. The van der Waals surface area contributed by atoms with Crippen LogP contribution in [0.1, 0.15) is 18.2 Å². The second kappa shape index (κ2) is 5.33. The van der Waals surface area contributed by atoms with Crippen molar-refractivity contribution in [2.45, 2.75) is 20.3 Å². The Kier molecular flexibility index (Phi) is 3.51. The minimum Gasteiger partial charge on any atom is -0.496 e. The molecule has 0 aliphatic heterocycles. The van der Waals surface area contributed by atoms with Crippen LogP contribution in [-0.4, -0.2) is 12.1 Å². The van der Waals surface area contributed by atoms with Gasteiger partial charge in [0.1, 0.15) is 22.6 Å². The van der Waals surface area contributed by atoms with E-state index in [0.29, 0.717) is 21.5 Å². The lowest BCUT2D eigenvalue weighted by Crippen LogP contribution is -2.05. The monoisotopic (exact) mass is 301 g/mol. The van der Waals surface area contributed by atoms with Crippen molar-refractivity contribution in [2.24, 2.45) is 0 Å². The summed E-state index contributed by atoms with van der Waals surface area (Å²) in [6, 6.07) is 3.62. The number of ether oxygens (including phenoxy) is 1. The molecule has 108 valence electrons. The van der Waals surface area contributed by atoms with Crippen LogP contribution < -0.4 is 10.2 Å². The van der Waals surface area contributed by atoms with Crippen molar-refractivity contribution in [3.8, 4) is 16.3 Å². The highest BCUT2D eigenvalue weighted by molar-refractivity contribution is 7.13. The van der Waals surface area contributed by atoms with Gasteiger partial charge in [-0.25, -0.2) is 4.98 Å². The molecule has 2 heterocycles. The van der Waals surface area contributed by atoms with Gasteiger partial charge in [-0.15, -0.1) is 11.3 Å². The molecule has 0 fully saturated rings. The molecule has 4 nitrogen and oxygen atoms in total. The second-order valence-corrected chi connectivity index (χ2v) is 5.64. The Morgan fingerprint density at radius 2 is 2.19 bits per heavy atom. The van der Waals surface area contributed by atoms with Gasteiger partial charge in [0, 0.05) is 17.1 Å². The molecule has 0 unspecified atom stereocenters. The average molecular weight is 301 g/mol. The zero-order chi connectivity index (χ0) is 15.0. The number of nitrogens with zero attached hydrogens (tertiary/aromatic N) is 1. The molecule has 0 aliphatic carbocycles. The highest BCUT2D eigenvalue weighted by Gasteiger charge is 2.14. The summed E-state index contributed by atoms with van der Waals surface area (Å²) in [4.78, 5) is 17.0. The fourth-order valence-corrected chi connectivity index (χ4v) is 3.09. The van der Waals surface area contributed by atoms with Crippen molar-refractivity contribution in [3.05, 3.63) is 45.3 Å². The lowest BCUT2D eigenvalue weighted by Gasteiger charge is -2.08. The normalized spacial score (nSPS) is 11.0. The predicted octanol–water partition coefficient (Wildman–Crippen LogP) is 3.80. The number of hydrogen-bond donors (Lipinski definition) is 0. The Morgan fingerprint density at radius 1 is 1.38 bits per heavy atom. The summed E-state index contributed by atoms with van der Waals surface area (Å²) in [6.45, 7) is 3.93. The molecule has 0 saturated carbocycles. The first-order valence-electron chi connectivity index (χ1n) is 6.69. The fourth-order valence-electron chi connectivity index (χ4n) is 2.29. The molecule has 0 spiro atoms. The van der Waals surface area contributed by atoms with E-state index in [9.17, 15) is 4.79 Å². The molecule has 5 heteroatoms. The average Bonchev–Trinajstić information content (AvgIpc) is 2.92. The molecule has 0 saturated heterocycles. The summed E-state index contributed by atoms with van der Waals surface area (Å²) in [5.74, 6) is 0.742. The van der Waals surface area contributed by atoms with Gasteiger partial charge in [0.2, 0.25) is 5.43 Å². The number of benzene rings is 1. The van der Waals surface area contributed by atoms with Crippen LogP contribution in [0.25, 0.3) is 21.5 Å². The van der Waals surface area contributed by atoms with Crippen LogP contribution >= 0.6 is 11.3 Å². The molecule has 3 aromatic rings. The highest BCUT2D eigenvalue weighted by Crippen LogP contribution is 2.28. The van der Waals surface area contributed by atoms with Gasteiger partial charge in [0.15, 0.2) is 0 Å². The molecule has 0 amide bonds. The van der Waals surface area contributed by atoms with Crippen molar-refractivity contribution < 1.29 is 9.15 Å². The van der Waals surface area contributed by atoms with E-state index in [2.05, 4.69) is 4.98 Å². The van der Waals surface area contributed by atoms with Gasteiger partial charge in [-0.05, 0) is 25.0 Å². The van der Waals surface area contributed by atoms with Crippen LogP contribution in [0.4, 0.5) is 0 Å². The van der Waals surface area contributed by atoms with E-state index in [1.807, 2.05) is 25.3 Å². The lowest BCUT2D eigenvalue weighted by atomic mass is 10.1. The zero-order valence-electron chi connectivity index (χ0n) is 12.1. The summed E-state index contributed by atoms with van der Waals surface area (Å²) in [6.07, 6.45) is 2.27. The number of aryl methyl sites for hydroxylation is 2. The Hall–Kier alpha value is -2.14. The summed E-state index contributed by atoms with van der Waals surface area (Å²) in [5.41, 5.74) is 2.88. The van der Waals surface area contributed by atoms with Gasteiger partial charge >= 0.3 is 0 Å². The minimum atomic E-state index is -0.0528. The van der Waals surface area contributed by atoms with Crippen LogP contribution in [0.5, 0.6) is 5.75 Å². The first-order valence-corrected chi connectivity index (χ1v) is 7.57. The quantitative estimate of drug-likeness (QED) is 0.738. The number of rotatable bonds is 3. The Balaban J connectivity index is 2.27. The summed E-state index contributed by atoms with van der Waals surface area (Å²) < 4.78 is 10.9. The van der Waals surface area contributed by atoms with Crippen LogP contribution in [0.2, 0.25) is 0 Å². The molecule has 0 aliphatic rings. The van der Waals surface area contributed by atoms with E-state index < -0.39 is 0 Å². The van der Waals surface area contributed by atoms with Gasteiger partial charge in [0.25, 0.3) is 0 Å². The van der Waals surface area contributed by atoms with E-state index in [-0.39, 0.29) is 5.43 Å². The van der Waals surface area contributed by atoms with Crippen LogP contribution in [-0.2, 0) is 6.42 Å². The molecule has 21 heavy (non-hydrogen) atoms. The number of fused-ring (bicyclic) bond motifs is 1. The number of aromatic nitrogens is 1. The van der Waals surface area contributed by atoms with Crippen molar-refractivity contribution in [2.75, 3.05) is 7.11 Å². The largest absolute Gasteiger partial charge is 0.496 e. The van der Waals surface area contributed by atoms with Crippen molar-refractivity contribution >= 4 is 22.3 Å². The van der Waals surface area contributed by atoms with Crippen LogP contribution in [0.15, 0.2) is 33.0 Å². The smallest absolute Gasteiger partial charge is 0.202 e. The standard InChI is InChI=1S/C16H15NO3S/c1-4-10-5-11-14(6-13(10)19-3)20-7-12(15(11)18)16-17-9(2)8-21-16/h5-8H,4H2,1-3H3. The molecular weight excluding hydrogens is 286 g/mol. The third-order valence-electron chi connectivity index (χ3n) is 3.41. The number of thiazole rings is 1. The molecule has 2 aromatic heterocycles. The van der Waals surface area contributed by atoms with E-state index >= 15 is 0 Å². The predicted molar refractivity (Wildman–Crippen MR) is 84.3 cm³/mol. The first kappa shape index (κ1) is 13.8. The van der Waals surface area contributed by atoms with E-state index in [0.717, 1.165) is 23.4 Å². The van der Waals surface area contributed by atoms with Crippen LogP contribution in [0.3, 0.4) is 0 Å². The summed E-state index contributed by atoms with van der Waals surface area (Å²) in [5, 5.41) is 3.18. The maximum atomic E-state index is 12.7. The minimum absolute atomic E-state index is 0.0528. The molecule has 0 atom stereocenters. The number of methoxy groups -OCH3 is 1. The van der Waals surface area contributed by atoms with Gasteiger partial charge in [-0.2, -0.15) is 0 Å².